The first-order valence-corrected chi connectivity index (χ1v) is 6.73. The molecule has 0 aliphatic carbocycles. The van der Waals surface area contributed by atoms with E-state index in [0.717, 1.165) is 25.1 Å². The number of likely N-dealkylation sites (N-methyl/N-ethyl adjacent to an activating group) is 1. The van der Waals surface area contributed by atoms with Crippen LogP contribution < -0.4 is 5.32 Å². The first kappa shape index (κ1) is 13.9. The van der Waals surface area contributed by atoms with Crippen LogP contribution in [-0.4, -0.2) is 40.4 Å². The van der Waals surface area contributed by atoms with Crippen molar-refractivity contribution in [3.63, 3.8) is 0 Å². The molecule has 1 aliphatic rings. The Labute approximate surface area is 114 Å². The van der Waals surface area contributed by atoms with Gasteiger partial charge >= 0.3 is 0 Å². The summed E-state index contributed by atoms with van der Waals surface area (Å²) in [6, 6.07) is 1.78. The summed E-state index contributed by atoms with van der Waals surface area (Å²) in [4.78, 5) is 22.5. The second-order valence-electron chi connectivity index (χ2n) is 5.94. The van der Waals surface area contributed by atoms with Gasteiger partial charge in [-0.2, -0.15) is 0 Å². The fourth-order valence-corrected chi connectivity index (χ4v) is 2.56. The summed E-state index contributed by atoms with van der Waals surface area (Å²) in [5, 5.41) is 3.12. The number of aromatic nitrogens is 2. The molecule has 1 atom stereocenters. The molecule has 1 fully saturated rings. The molecule has 1 aromatic rings. The van der Waals surface area contributed by atoms with Gasteiger partial charge in [0, 0.05) is 12.7 Å². The van der Waals surface area contributed by atoms with Crippen LogP contribution in [0.4, 0.5) is 0 Å². The molecule has 0 spiro atoms. The van der Waals surface area contributed by atoms with Crippen LogP contribution in [0.15, 0.2) is 18.6 Å². The molecule has 1 aromatic heterocycles. The average Bonchev–Trinajstić information content (AvgIpc) is 2.49. The second-order valence-corrected chi connectivity index (χ2v) is 5.94. The molecular formula is C14H22N4O. The minimum atomic E-state index is -0.0800. The van der Waals surface area contributed by atoms with Crippen LogP contribution in [0.1, 0.15) is 32.4 Å². The maximum atomic E-state index is 12.5. The standard InChI is InChI=1S/C14H22N4O/c1-14(2)6-4-12(15-3)13(19)18(9-14)8-11-5-7-16-10-17-11/h5,7,10,12,15H,4,6,8-9H2,1-3H3. The number of hydrogen-bond donors (Lipinski definition) is 1. The zero-order valence-electron chi connectivity index (χ0n) is 11.9. The van der Waals surface area contributed by atoms with E-state index in [1.807, 2.05) is 18.0 Å². The van der Waals surface area contributed by atoms with E-state index in [1.54, 1.807) is 6.20 Å². The van der Waals surface area contributed by atoms with Gasteiger partial charge in [0.05, 0.1) is 18.3 Å². The van der Waals surface area contributed by atoms with Gasteiger partial charge in [0.1, 0.15) is 6.33 Å². The lowest BCUT2D eigenvalue weighted by Gasteiger charge is -2.29. The summed E-state index contributed by atoms with van der Waals surface area (Å²) >= 11 is 0. The largest absolute Gasteiger partial charge is 0.335 e. The van der Waals surface area contributed by atoms with Gasteiger partial charge in [0.15, 0.2) is 0 Å². The summed E-state index contributed by atoms with van der Waals surface area (Å²) in [6.07, 6.45) is 5.18. The summed E-state index contributed by atoms with van der Waals surface area (Å²) in [7, 11) is 1.85. The molecule has 2 rings (SSSR count). The highest BCUT2D eigenvalue weighted by Crippen LogP contribution is 2.29. The van der Waals surface area contributed by atoms with Crippen LogP contribution in [0.25, 0.3) is 0 Å². The van der Waals surface area contributed by atoms with Gasteiger partial charge in [-0.1, -0.05) is 13.8 Å². The van der Waals surface area contributed by atoms with Crippen molar-refractivity contribution in [2.75, 3.05) is 13.6 Å². The minimum Gasteiger partial charge on any atom is -0.335 e. The van der Waals surface area contributed by atoms with Crippen LogP contribution in [-0.2, 0) is 11.3 Å². The number of nitrogens with one attached hydrogen (secondary N) is 1. The molecule has 0 bridgehead atoms. The third-order valence-corrected chi connectivity index (χ3v) is 3.68. The molecule has 1 aliphatic heterocycles. The molecule has 19 heavy (non-hydrogen) atoms. The van der Waals surface area contributed by atoms with Gasteiger partial charge in [0.2, 0.25) is 5.91 Å². The van der Waals surface area contributed by atoms with E-state index in [0.29, 0.717) is 6.54 Å². The fraction of sp³-hybridized carbons (Fsp3) is 0.643. The van der Waals surface area contributed by atoms with Crippen molar-refractivity contribution in [1.29, 1.82) is 0 Å². The maximum Gasteiger partial charge on any atom is 0.240 e. The number of hydrogen-bond acceptors (Lipinski definition) is 4. The monoisotopic (exact) mass is 262 g/mol. The molecular weight excluding hydrogens is 240 g/mol. The first-order chi connectivity index (χ1) is 9.02. The van der Waals surface area contributed by atoms with Gasteiger partial charge in [-0.05, 0) is 31.4 Å². The summed E-state index contributed by atoms with van der Waals surface area (Å²) < 4.78 is 0. The zero-order chi connectivity index (χ0) is 13.9. The number of nitrogens with zero attached hydrogens (tertiary/aromatic N) is 3. The van der Waals surface area contributed by atoms with Crippen molar-refractivity contribution in [2.45, 2.75) is 39.3 Å². The molecule has 5 heteroatoms. The number of rotatable bonds is 3. The first-order valence-electron chi connectivity index (χ1n) is 6.73. The van der Waals surface area contributed by atoms with E-state index in [9.17, 15) is 4.79 Å². The molecule has 1 saturated heterocycles. The predicted octanol–water partition coefficient (Wildman–Crippen LogP) is 1.21. The fourth-order valence-electron chi connectivity index (χ4n) is 2.56. The number of likely N-dealkylation sites (tertiary alicyclic amines) is 1. The maximum absolute atomic E-state index is 12.5. The Kier molecular flexibility index (Phi) is 4.14. The third kappa shape index (κ3) is 3.50. The Bertz CT molecular complexity index is 432. The van der Waals surface area contributed by atoms with Gasteiger partial charge in [-0.3, -0.25) is 4.79 Å². The normalized spacial score (nSPS) is 23.2. The van der Waals surface area contributed by atoms with Crippen LogP contribution in [0.3, 0.4) is 0 Å². The highest BCUT2D eigenvalue weighted by Gasteiger charge is 2.33. The van der Waals surface area contributed by atoms with Crippen LogP contribution in [0.5, 0.6) is 0 Å². The van der Waals surface area contributed by atoms with Crippen molar-refractivity contribution in [1.82, 2.24) is 20.2 Å². The number of carbonyl (C=O) groups excluding carboxylic acids is 1. The lowest BCUT2D eigenvalue weighted by Crippen LogP contribution is -2.44. The highest BCUT2D eigenvalue weighted by atomic mass is 16.2. The Morgan fingerprint density at radius 2 is 2.32 bits per heavy atom. The van der Waals surface area contributed by atoms with Crippen molar-refractivity contribution in [3.05, 3.63) is 24.3 Å². The van der Waals surface area contributed by atoms with Crippen LogP contribution >= 0.6 is 0 Å². The molecule has 1 amide bonds. The van der Waals surface area contributed by atoms with Gasteiger partial charge in [0.25, 0.3) is 0 Å². The lowest BCUT2D eigenvalue weighted by molar-refractivity contribution is -0.134. The Morgan fingerprint density at radius 3 is 2.95 bits per heavy atom. The summed E-state index contributed by atoms with van der Waals surface area (Å²) in [6.45, 7) is 5.76. The highest BCUT2D eigenvalue weighted by molar-refractivity contribution is 5.82. The molecule has 0 saturated carbocycles. The van der Waals surface area contributed by atoms with Crippen molar-refractivity contribution in [3.8, 4) is 0 Å². The van der Waals surface area contributed by atoms with E-state index >= 15 is 0 Å². The Morgan fingerprint density at radius 1 is 1.53 bits per heavy atom. The topological polar surface area (TPSA) is 58.1 Å². The van der Waals surface area contributed by atoms with E-state index < -0.39 is 0 Å². The quantitative estimate of drug-likeness (QED) is 0.889. The second kappa shape index (κ2) is 5.65. The van der Waals surface area contributed by atoms with E-state index in [4.69, 9.17) is 0 Å². The van der Waals surface area contributed by atoms with Crippen LogP contribution in [0, 0.1) is 5.41 Å². The van der Waals surface area contributed by atoms with Crippen molar-refractivity contribution in [2.24, 2.45) is 5.41 Å². The Hall–Kier alpha value is -1.49. The Balaban J connectivity index is 2.17. The molecule has 1 N–H and O–H groups in total. The van der Waals surface area contributed by atoms with E-state index in [1.165, 1.54) is 6.33 Å². The smallest absolute Gasteiger partial charge is 0.240 e. The zero-order valence-corrected chi connectivity index (χ0v) is 11.9. The average molecular weight is 262 g/mol. The SMILES string of the molecule is CNC1CCC(C)(C)CN(Cc2ccncn2)C1=O. The van der Waals surface area contributed by atoms with Gasteiger partial charge in [-0.15, -0.1) is 0 Å². The van der Waals surface area contributed by atoms with Crippen molar-refractivity contribution < 1.29 is 4.79 Å². The summed E-state index contributed by atoms with van der Waals surface area (Å²) in [5.41, 5.74) is 1.03. The van der Waals surface area contributed by atoms with Gasteiger partial charge in [-0.25, -0.2) is 9.97 Å². The number of carbonyl (C=O) groups is 1. The minimum absolute atomic E-state index is 0.0800. The molecule has 104 valence electrons. The third-order valence-electron chi connectivity index (χ3n) is 3.68. The lowest BCUT2D eigenvalue weighted by atomic mass is 9.87. The van der Waals surface area contributed by atoms with Crippen LogP contribution in [0.2, 0.25) is 0 Å². The molecule has 0 aromatic carbocycles. The molecule has 5 nitrogen and oxygen atoms in total. The molecule has 2 heterocycles. The van der Waals surface area contributed by atoms with E-state index in [-0.39, 0.29) is 17.4 Å². The van der Waals surface area contributed by atoms with E-state index in [2.05, 4.69) is 29.1 Å². The van der Waals surface area contributed by atoms with Crippen molar-refractivity contribution >= 4 is 5.91 Å². The summed E-state index contributed by atoms with van der Waals surface area (Å²) in [5.74, 6) is 0.173. The van der Waals surface area contributed by atoms with Gasteiger partial charge < -0.3 is 10.2 Å². The molecule has 1 unspecified atom stereocenters. The number of amides is 1. The predicted molar refractivity (Wildman–Crippen MR) is 73.3 cm³/mol. The molecule has 0 radical (unpaired) electrons.